The van der Waals surface area contributed by atoms with Gasteiger partial charge in [0.15, 0.2) is 0 Å². The monoisotopic (exact) mass is 234 g/mol. The zero-order valence-corrected chi connectivity index (χ0v) is 11.0. The first-order valence-corrected chi connectivity index (χ1v) is 6.24. The van der Waals surface area contributed by atoms with Gasteiger partial charge in [-0.2, -0.15) is 0 Å². The quantitative estimate of drug-likeness (QED) is 0.744. The van der Waals surface area contributed by atoms with Crippen molar-refractivity contribution in [1.29, 1.82) is 0 Å². The summed E-state index contributed by atoms with van der Waals surface area (Å²) in [6, 6.07) is 10.6. The number of benzene rings is 2. The molecule has 2 rings (SSSR count). The van der Waals surface area contributed by atoms with Gasteiger partial charge in [0.25, 0.3) is 0 Å². The Balaban J connectivity index is 2.88. The third-order valence-electron chi connectivity index (χ3n) is 3.04. The molecule has 2 aromatic rings. The Morgan fingerprint density at radius 1 is 1.00 bits per heavy atom. The van der Waals surface area contributed by atoms with Crippen LogP contribution in [0.2, 0.25) is 0 Å². The average molecular weight is 234 g/mol. The van der Waals surface area contributed by atoms with Gasteiger partial charge < -0.3 is 0 Å². The highest BCUT2D eigenvalue weighted by molar-refractivity contribution is 5.91. The Bertz CT molecular complexity index is 716. The number of allylic oxidation sites excluding steroid dienone is 3. The molecule has 18 heavy (non-hydrogen) atoms. The normalized spacial score (nSPS) is 13.1. The van der Waals surface area contributed by atoms with E-state index in [4.69, 9.17) is 0 Å². The predicted molar refractivity (Wildman–Crippen MR) is 82.7 cm³/mol. The molecule has 0 N–H and O–H groups in total. The van der Waals surface area contributed by atoms with E-state index < -0.39 is 0 Å². The molecule has 0 aromatic heterocycles. The summed E-state index contributed by atoms with van der Waals surface area (Å²) >= 11 is 0. The fourth-order valence-corrected chi connectivity index (χ4v) is 2.18. The highest BCUT2D eigenvalue weighted by Crippen LogP contribution is 2.15. The molecule has 0 unspecified atom stereocenters. The van der Waals surface area contributed by atoms with Gasteiger partial charge >= 0.3 is 0 Å². The molecule has 0 saturated carbocycles. The Morgan fingerprint density at radius 2 is 1.83 bits per heavy atom. The molecule has 0 fully saturated rings. The molecule has 0 atom stereocenters. The van der Waals surface area contributed by atoms with Crippen LogP contribution in [0.4, 0.5) is 0 Å². The van der Waals surface area contributed by atoms with Crippen LogP contribution in [-0.4, -0.2) is 0 Å². The summed E-state index contributed by atoms with van der Waals surface area (Å²) in [5.41, 5.74) is 1.23. The molecular formula is C18H18. The highest BCUT2D eigenvalue weighted by atomic mass is 14.0. The molecule has 0 saturated heterocycles. The minimum Gasteiger partial charge on any atom is -0.0905 e. The lowest BCUT2D eigenvalue weighted by molar-refractivity contribution is 1.57. The van der Waals surface area contributed by atoms with Crippen LogP contribution in [0.5, 0.6) is 0 Å². The van der Waals surface area contributed by atoms with E-state index in [1.807, 2.05) is 26.0 Å². The van der Waals surface area contributed by atoms with Crippen molar-refractivity contribution in [2.24, 2.45) is 0 Å². The van der Waals surface area contributed by atoms with Gasteiger partial charge in [-0.3, -0.25) is 0 Å². The lowest BCUT2D eigenvalue weighted by Crippen LogP contribution is -2.23. The number of rotatable bonds is 2. The molecule has 90 valence electrons. The lowest BCUT2D eigenvalue weighted by Gasteiger charge is -2.03. The molecule has 0 heterocycles. The van der Waals surface area contributed by atoms with Crippen molar-refractivity contribution in [2.75, 3.05) is 0 Å². The summed E-state index contributed by atoms with van der Waals surface area (Å²) in [4.78, 5) is 0. The van der Waals surface area contributed by atoms with Gasteiger partial charge in [0.2, 0.25) is 0 Å². The predicted octanol–water partition coefficient (Wildman–Crippen LogP) is 3.64. The largest absolute Gasteiger partial charge is 0.0905 e. The van der Waals surface area contributed by atoms with E-state index in [2.05, 4.69) is 55.1 Å². The molecule has 0 aliphatic heterocycles. The van der Waals surface area contributed by atoms with E-state index in [0.717, 1.165) is 5.22 Å². The molecule has 0 bridgehead atoms. The van der Waals surface area contributed by atoms with E-state index in [1.165, 1.54) is 21.6 Å². The molecule has 0 spiro atoms. The van der Waals surface area contributed by atoms with Crippen molar-refractivity contribution < 1.29 is 0 Å². The second-order valence-electron chi connectivity index (χ2n) is 4.27. The van der Waals surface area contributed by atoms with Crippen LogP contribution in [-0.2, 0) is 0 Å². The maximum atomic E-state index is 4.25. The van der Waals surface area contributed by atoms with E-state index in [0.29, 0.717) is 0 Å². The number of hydrogen-bond acceptors (Lipinski definition) is 0. The minimum absolute atomic E-state index is 1.10. The fraction of sp³-hybridized carbons (Fsp3) is 0.111. The molecule has 0 nitrogen and oxygen atoms in total. The lowest BCUT2D eigenvalue weighted by atomic mass is 10.0. The fourth-order valence-electron chi connectivity index (χ4n) is 2.18. The molecule has 0 aliphatic carbocycles. The van der Waals surface area contributed by atoms with Crippen molar-refractivity contribution in [1.82, 2.24) is 0 Å². The Labute approximate surface area is 108 Å². The van der Waals surface area contributed by atoms with Crippen molar-refractivity contribution >= 4 is 29.5 Å². The van der Waals surface area contributed by atoms with Crippen LogP contribution in [0, 0.1) is 0 Å². The maximum absolute atomic E-state index is 4.25. The van der Waals surface area contributed by atoms with E-state index in [9.17, 15) is 0 Å². The standard InChI is InChI=1S/C18H18/c1-4-6-9-15-12-13-17-11-7-10-16(8-5-2)18(17)14(15)3/h4-13H,3H2,1-2H3/b6-4-,8-5-,15-9-. The molecule has 0 amide bonds. The van der Waals surface area contributed by atoms with Gasteiger partial charge in [-0.25, -0.2) is 0 Å². The van der Waals surface area contributed by atoms with Crippen LogP contribution in [0.15, 0.2) is 48.6 Å². The zero-order chi connectivity index (χ0) is 13.0. The second kappa shape index (κ2) is 5.50. The van der Waals surface area contributed by atoms with Gasteiger partial charge in [0.05, 0.1) is 0 Å². The topological polar surface area (TPSA) is 0 Å². The van der Waals surface area contributed by atoms with Gasteiger partial charge in [-0.05, 0) is 40.6 Å². The Kier molecular flexibility index (Phi) is 3.78. The first-order valence-electron chi connectivity index (χ1n) is 6.24. The Morgan fingerprint density at radius 3 is 2.56 bits per heavy atom. The third kappa shape index (κ3) is 2.28. The van der Waals surface area contributed by atoms with Crippen LogP contribution in [0.3, 0.4) is 0 Å². The third-order valence-corrected chi connectivity index (χ3v) is 3.04. The maximum Gasteiger partial charge on any atom is -0.00389 e. The van der Waals surface area contributed by atoms with Crippen LogP contribution >= 0.6 is 0 Å². The zero-order valence-electron chi connectivity index (χ0n) is 11.0. The van der Waals surface area contributed by atoms with Gasteiger partial charge in [-0.1, -0.05) is 67.3 Å². The van der Waals surface area contributed by atoms with Crippen molar-refractivity contribution in [3.8, 4) is 0 Å². The summed E-state index contributed by atoms with van der Waals surface area (Å²) < 4.78 is 0. The first kappa shape index (κ1) is 12.4. The molecule has 0 aliphatic rings. The van der Waals surface area contributed by atoms with Crippen LogP contribution in [0.25, 0.3) is 29.5 Å². The van der Waals surface area contributed by atoms with Crippen molar-refractivity contribution in [3.63, 3.8) is 0 Å². The number of fused-ring (bicyclic) bond motifs is 1. The van der Waals surface area contributed by atoms with E-state index in [-0.39, 0.29) is 0 Å². The van der Waals surface area contributed by atoms with Crippen LogP contribution < -0.4 is 10.4 Å². The summed E-state index contributed by atoms with van der Waals surface area (Å²) in [5, 5.41) is 4.76. The van der Waals surface area contributed by atoms with Gasteiger partial charge in [0.1, 0.15) is 0 Å². The summed E-state index contributed by atoms with van der Waals surface area (Å²) in [6.07, 6.45) is 10.4. The molecule has 0 radical (unpaired) electrons. The molecule has 0 heteroatoms. The van der Waals surface area contributed by atoms with Crippen LogP contribution in [0.1, 0.15) is 19.4 Å². The average Bonchev–Trinajstić information content (AvgIpc) is 2.38. The summed E-state index contributed by atoms with van der Waals surface area (Å²) in [5.74, 6) is 0. The number of hydrogen-bond donors (Lipinski definition) is 0. The Hall–Kier alpha value is -2.08. The SMILES string of the molecule is C=c1/c(=C\C=C/C)ccc2cccc(/C=C\C)c12. The van der Waals surface area contributed by atoms with Gasteiger partial charge in [0, 0.05) is 0 Å². The molecular weight excluding hydrogens is 216 g/mol. The minimum atomic E-state index is 1.10. The smallest absolute Gasteiger partial charge is 0.00389 e. The first-order chi connectivity index (χ1) is 8.77. The van der Waals surface area contributed by atoms with Gasteiger partial charge in [-0.15, -0.1) is 0 Å². The summed E-state index contributed by atoms with van der Waals surface area (Å²) in [6.45, 7) is 8.30. The van der Waals surface area contributed by atoms with Crippen molar-refractivity contribution in [3.05, 3.63) is 64.6 Å². The second-order valence-corrected chi connectivity index (χ2v) is 4.27. The molecule has 2 aromatic carbocycles. The summed E-state index contributed by atoms with van der Waals surface area (Å²) in [7, 11) is 0. The highest BCUT2D eigenvalue weighted by Gasteiger charge is 1.99. The van der Waals surface area contributed by atoms with Crippen molar-refractivity contribution in [2.45, 2.75) is 13.8 Å². The van der Waals surface area contributed by atoms with E-state index in [1.54, 1.807) is 0 Å². The van der Waals surface area contributed by atoms with E-state index >= 15 is 0 Å².